The van der Waals surface area contributed by atoms with E-state index in [0.717, 1.165) is 60.1 Å². The summed E-state index contributed by atoms with van der Waals surface area (Å²) in [6.45, 7) is 6.67. The molecule has 4 fully saturated rings. The van der Waals surface area contributed by atoms with Crippen molar-refractivity contribution in [2.45, 2.75) is 75.7 Å². The zero-order chi connectivity index (χ0) is 34.1. The summed E-state index contributed by atoms with van der Waals surface area (Å²) < 4.78 is 13.9. The first-order valence-electron chi connectivity index (χ1n) is 18.3. The number of rotatable bonds is 18. The number of aliphatic hydroxyl groups excluding tert-OH is 1. The van der Waals surface area contributed by atoms with Crippen molar-refractivity contribution in [3.63, 3.8) is 0 Å². The molecule has 7 rings (SSSR count). The molecule has 3 aliphatic heterocycles. The number of benzene rings is 3. The average molecular weight is 673 g/mol. The number of nitrogens with zero attached hydrogens (tertiary/aromatic N) is 1. The molecule has 0 radical (unpaired) electrons. The van der Waals surface area contributed by atoms with Gasteiger partial charge in [-0.3, -0.25) is 4.79 Å². The monoisotopic (exact) mass is 672 g/mol. The van der Waals surface area contributed by atoms with Crippen molar-refractivity contribution in [2.75, 3.05) is 51.3 Å². The minimum absolute atomic E-state index is 0.0450. The number of phenolic OH excluding ortho intramolecular Hbond substituents is 1. The molecule has 1 saturated carbocycles. The van der Waals surface area contributed by atoms with Crippen molar-refractivity contribution in [1.82, 2.24) is 5.32 Å². The molecule has 0 aromatic heterocycles. The van der Waals surface area contributed by atoms with E-state index in [4.69, 9.17) is 9.47 Å². The number of piperidine rings is 3. The van der Waals surface area contributed by atoms with Gasteiger partial charge in [0.1, 0.15) is 29.7 Å². The highest BCUT2D eigenvalue weighted by atomic mass is 16.5. The van der Waals surface area contributed by atoms with Crippen LogP contribution in [-0.4, -0.2) is 78.3 Å². The van der Waals surface area contributed by atoms with E-state index in [9.17, 15) is 20.1 Å². The summed E-state index contributed by atoms with van der Waals surface area (Å²) in [4.78, 5) is 10.7. The van der Waals surface area contributed by atoms with Crippen LogP contribution in [0.4, 0.5) is 5.69 Å². The molecule has 0 spiro atoms. The van der Waals surface area contributed by atoms with Crippen molar-refractivity contribution in [3.8, 4) is 11.5 Å². The van der Waals surface area contributed by atoms with E-state index in [1.165, 1.54) is 44.8 Å². The summed E-state index contributed by atoms with van der Waals surface area (Å²) in [6.07, 6.45) is 9.02. The van der Waals surface area contributed by atoms with Gasteiger partial charge in [0.05, 0.1) is 44.6 Å². The number of hydrogen-bond donors (Lipinski definition) is 5. The van der Waals surface area contributed by atoms with E-state index >= 15 is 0 Å². The van der Waals surface area contributed by atoms with E-state index in [2.05, 4.69) is 22.8 Å². The Balaban J connectivity index is 0.907. The van der Waals surface area contributed by atoms with Crippen LogP contribution in [0.25, 0.3) is 0 Å². The van der Waals surface area contributed by atoms with Gasteiger partial charge < -0.3 is 39.9 Å². The number of carbonyl (C=O) groups is 1. The predicted molar refractivity (Wildman–Crippen MR) is 190 cm³/mol. The molecule has 3 aromatic carbocycles. The lowest BCUT2D eigenvalue weighted by molar-refractivity contribution is -0.946. The highest BCUT2D eigenvalue weighted by Gasteiger charge is 2.48. The number of aliphatic hydroxyl groups is 2. The number of phenols is 1. The number of hydrogen-bond acceptors (Lipinski definition) is 7. The molecule has 3 saturated heterocycles. The van der Waals surface area contributed by atoms with E-state index < -0.39 is 11.7 Å². The van der Waals surface area contributed by atoms with Crippen LogP contribution in [0.15, 0.2) is 72.8 Å². The van der Waals surface area contributed by atoms with Gasteiger partial charge in [-0.15, -0.1) is 0 Å². The Morgan fingerprint density at radius 2 is 1.71 bits per heavy atom. The summed E-state index contributed by atoms with van der Waals surface area (Å²) in [6, 6.07) is 22.9. The fourth-order valence-corrected chi connectivity index (χ4v) is 8.38. The van der Waals surface area contributed by atoms with Crippen LogP contribution in [0.3, 0.4) is 0 Å². The Bertz CT molecular complexity index is 1470. The molecule has 5 N–H and O–H groups in total. The second kappa shape index (κ2) is 16.5. The molecule has 3 heterocycles. The smallest absolute Gasteiger partial charge is 0.211 e. The minimum Gasteiger partial charge on any atom is -0.506 e. The lowest BCUT2D eigenvalue weighted by atomic mass is 9.80. The van der Waals surface area contributed by atoms with Gasteiger partial charge >= 0.3 is 0 Å². The van der Waals surface area contributed by atoms with Gasteiger partial charge in [0.25, 0.3) is 0 Å². The van der Waals surface area contributed by atoms with Crippen LogP contribution in [-0.2, 0) is 21.7 Å². The van der Waals surface area contributed by atoms with Crippen molar-refractivity contribution in [3.05, 3.63) is 89.5 Å². The largest absolute Gasteiger partial charge is 0.506 e. The van der Waals surface area contributed by atoms with Gasteiger partial charge in [-0.25, -0.2) is 0 Å². The van der Waals surface area contributed by atoms with Gasteiger partial charge in [-0.1, -0.05) is 61.4 Å². The van der Waals surface area contributed by atoms with E-state index in [1.54, 1.807) is 12.1 Å². The molecule has 1 aliphatic carbocycles. The summed E-state index contributed by atoms with van der Waals surface area (Å²) in [5.74, 6) is 1.69. The fourth-order valence-electron chi connectivity index (χ4n) is 8.38. The Labute approximate surface area is 290 Å². The molecule has 3 atom stereocenters. The highest BCUT2D eigenvalue weighted by Crippen LogP contribution is 2.43. The Hall–Kier alpha value is -3.47. The second-order valence-corrected chi connectivity index (χ2v) is 14.5. The maximum Gasteiger partial charge on any atom is 0.211 e. The number of aromatic hydroxyl groups is 1. The Morgan fingerprint density at radius 1 is 0.959 bits per heavy atom. The Kier molecular flexibility index (Phi) is 11.9. The first-order chi connectivity index (χ1) is 23.9. The molecule has 0 unspecified atom stereocenters. The predicted octanol–water partition coefficient (Wildman–Crippen LogP) is 5.65. The molecule has 9 nitrogen and oxygen atoms in total. The maximum absolute atomic E-state index is 12.0. The number of nitrogens with one attached hydrogen (secondary N) is 2. The molecule has 9 heteroatoms. The molecular weight excluding hydrogens is 618 g/mol. The molecule has 3 aromatic rings. The third kappa shape index (κ3) is 8.83. The number of unbranched alkanes of at least 4 members (excludes halogenated alkanes) is 1. The third-order valence-electron chi connectivity index (χ3n) is 11.4. The van der Waals surface area contributed by atoms with Crippen LogP contribution < -0.4 is 15.4 Å². The first kappa shape index (κ1) is 35.4. The number of quaternary nitrogens is 1. The van der Waals surface area contributed by atoms with Crippen molar-refractivity contribution >= 4 is 12.1 Å². The minimum atomic E-state index is -0.903. The molecule has 49 heavy (non-hydrogen) atoms. The lowest BCUT2D eigenvalue weighted by Crippen LogP contribution is -2.64. The van der Waals surface area contributed by atoms with Crippen LogP contribution in [0, 0.1) is 11.8 Å². The quantitative estimate of drug-likeness (QED) is 0.0513. The van der Waals surface area contributed by atoms with Crippen molar-refractivity contribution < 1.29 is 34.1 Å². The topological polar surface area (TPSA) is 120 Å². The van der Waals surface area contributed by atoms with Crippen molar-refractivity contribution in [1.29, 1.82) is 0 Å². The zero-order valence-corrected chi connectivity index (χ0v) is 28.6. The van der Waals surface area contributed by atoms with Gasteiger partial charge in [0.2, 0.25) is 6.41 Å². The van der Waals surface area contributed by atoms with E-state index in [0.29, 0.717) is 44.2 Å². The van der Waals surface area contributed by atoms with Gasteiger partial charge in [0.15, 0.2) is 0 Å². The molecule has 264 valence electrons. The third-order valence-corrected chi connectivity index (χ3v) is 11.4. The lowest BCUT2D eigenvalue weighted by Gasteiger charge is -2.53. The standard InChI is InChI=1S/C40H53N3O6/c44-29-42-36-24-32(14-17-37(36)45)38(46)26-41-25-30-12-15-35(16-13-30)48-23-7-6-20-43-21-18-31(19-22-43)39(27-43)49-28-40(47,34-10-4-5-11-34)33-8-2-1-3-9-33/h1-3,8-9,12-17,24,29,31,34,38-39,41,46-47H,4-7,10-11,18-23,25-28H2,(H-,42,44,45)/p+1/t31?,38-,39-,40+,43?/m0/s1. The van der Waals surface area contributed by atoms with Crippen LogP contribution in [0.5, 0.6) is 11.5 Å². The number of anilines is 1. The molecular formula is C40H54N3O6+. The molecule has 4 aliphatic rings. The van der Waals surface area contributed by atoms with E-state index in [1.807, 2.05) is 42.5 Å². The number of carbonyl (C=O) groups excluding carboxylic acids is 1. The first-order valence-corrected chi connectivity index (χ1v) is 18.3. The second-order valence-electron chi connectivity index (χ2n) is 14.5. The maximum atomic E-state index is 12.0. The highest BCUT2D eigenvalue weighted by molar-refractivity contribution is 5.75. The van der Waals surface area contributed by atoms with Crippen LogP contribution >= 0.6 is 0 Å². The van der Waals surface area contributed by atoms with Crippen LogP contribution in [0.1, 0.15) is 74.2 Å². The summed E-state index contributed by atoms with van der Waals surface area (Å²) in [5.41, 5.74) is 2.06. The summed E-state index contributed by atoms with van der Waals surface area (Å²) in [7, 11) is 0. The SMILES string of the molecule is O=CNc1cc([C@@H](O)CNCc2ccc(OCCCC[N+]34CCC(CC3)[C@@H](OC[C@@](O)(c3ccccc3)C3CCCC3)C4)cc2)ccc1O. The normalized spacial score (nSPS) is 24.0. The number of amides is 1. The van der Waals surface area contributed by atoms with Crippen molar-refractivity contribution in [2.24, 2.45) is 11.8 Å². The molecule has 2 bridgehead atoms. The summed E-state index contributed by atoms with van der Waals surface area (Å²) in [5, 5.41) is 38.0. The van der Waals surface area contributed by atoms with Gasteiger partial charge in [0, 0.05) is 31.8 Å². The van der Waals surface area contributed by atoms with Gasteiger partial charge in [-0.05, 0) is 72.6 Å². The number of fused-ring (bicyclic) bond motifs is 3. The molecule has 1 amide bonds. The summed E-state index contributed by atoms with van der Waals surface area (Å²) >= 11 is 0. The van der Waals surface area contributed by atoms with Crippen LogP contribution in [0.2, 0.25) is 0 Å². The van der Waals surface area contributed by atoms with E-state index in [-0.39, 0.29) is 23.5 Å². The van der Waals surface area contributed by atoms with Gasteiger partial charge in [-0.2, -0.15) is 0 Å². The zero-order valence-electron chi connectivity index (χ0n) is 28.6. The average Bonchev–Trinajstić information content (AvgIpc) is 3.69. The fraction of sp³-hybridized carbons (Fsp3) is 0.525. The number of ether oxygens (including phenoxy) is 2. The Morgan fingerprint density at radius 3 is 2.45 bits per heavy atom.